The van der Waals surface area contributed by atoms with Crippen LogP contribution in [0.2, 0.25) is 0 Å². The molecule has 0 aliphatic heterocycles. The number of hydrogen-bond donors (Lipinski definition) is 2. The molecule has 7 heteroatoms. The van der Waals surface area contributed by atoms with Gasteiger partial charge in [-0.25, -0.2) is 4.79 Å². The van der Waals surface area contributed by atoms with Crippen LogP contribution in [0.4, 0.5) is 4.79 Å². The van der Waals surface area contributed by atoms with Gasteiger partial charge in [-0.05, 0) is 73.2 Å². The fraction of sp³-hybridized carbons (Fsp3) is 0.310. The van der Waals surface area contributed by atoms with Gasteiger partial charge in [-0.3, -0.25) is 4.79 Å². The number of alkyl halides is 1. The summed E-state index contributed by atoms with van der Waals surface area (Å²) in [5.74, 6) is -0.311. The van der Waals surface area contributed by atoms with Crippen molar-refractivity contribution in [3.05, 3.63) is 89.0 Å². The van der Waals surface area contributed by atoms with E-state index in [1.54, 1.807) is 12.1 Å². The zero-order valence-electron chi connectivity index (χ0n) is 20.8. The van der Waals surface area contributed by atoms with Crippen LogP contribution in [0.25, 0.3) is 11.1 Å². The van der Waals surface area contributed by atoms with Gasteiger partial charge in [-0.15, -0.1) is 0 Å². The highest BCUT2D eigenvalue weighted by atomic mass is 127. The summed E-state index contributed by atoms with van der Waals surface area (Å²) >= 11 is 2.37. The molecule has 3 rings (SSSR count). The predicted octanol–water partition coefficient (Wildman–Crippen LogP) is 6.56. The molecule has 0 aromatic heterocycles. The maximum atomic E-state index is 12.0. The molecule has 6 nitrogen and oxygen atoms in total. The third kappa shape index (κ3) is 8.86. The van der Waals surface area contributed by atoms with E-state index in [0.717, 1.165) is 33.1 Å². The van der Waals surface area contributed by atoms with E-state index >= 15 is 0 Å². The van der Waals surface area contributed by atoms with E-state index in [-0.39, 0.29) is 6.42 Å². The lowest BCUT2D eigenvalue weighted by Crippen LogP contribution is -2.32. The molecule has 0 unspecified atom stereocenters. The van der Waals surface area contributed by atoms with E-state index in [1.807, 2.05) is 51.1 Å². The molecule has 0 fully saturated rings. The molecule has 3 aromatic rings. The number of halogens is 1. The van der Waals surface area contributed by atoms with Crippen molar-refractivity contribution in [2.45, 2.75) is 52.4 Å². The minimum Gasteiger partial charge on any atom is -0.489 e. The number of aliphatic carboxylic acids is 1. The van der Waals surface area contributed by atoms with Crippen LogP contribution in [0.3, 0.4) is 0 Å². The van der Waals surface area contributed by atoms with Crippen molar-refractivity contribution < 1.29 is 24.2 Å². The molecule has 0 radical (unpaired) electrons. The summed E-state index contributed by atoms with van der Waals surface area (Å²) in [4.78, 5) is 23.2. The molecule has 0 aliphatic carbocycles. The highest BCUT2D eigenvalue weighted by Gasteiger charge is 2.16. The number of ether oxygens (including phenoxy) is 2. The normalized spacial score (nSPS) is 11.1. The van der Waals surface area contributed by atoms with Gasteiger partial charge in [0, 0.05) is 16.5 Å². The van der Waals surface area contributed by atoms with Crippen LogP contribution in [-0.2, 0) is 35.5 Å². The third-order valence-electron chi connectivity index (χ3n) is 5.24. The number of benzene rings is 3. The number of carbonyl (C=O) groups excluding carboxylic acids is 1. The highest BCUT2D eigenvalue weighted by molar-refractivity contribution is 14.1. The maximum absolute atomic E-state index is 12.0. The SMILES string of the molecule is CC(C)(C)OC(=O)NCc1cccc(-c2cc(CCI)cc(COc3ccccc3CC(=O)O)c2)c1. The second-order valence-electron chi connectivity index (χ2n) is 9.50. The summed E-state index contributed by atoms with van der Waals surface area (Å²) in [6, 6.07) is 21.7. The van der Waals surface area contributed by atoms with Crippen molar-refractivity contribution in [3.63, 3.8) is 0 Å². The number of rotatable bonds is 10. The molecular formula is C29H32INO5. The average molecular weight is 601 g/mol. The first-order chi connectivity index (χ1) is 17.1. The predicted molar refractivity (Wildman–Crippen MR) is 150 cm³/mol. The average Bonchev–Trinajstić information content (AvgIpc) is 2.81. The van der Waals surface area contributed by atoms with E-state index in [9.17, 15) is 14.7 Å². The van der Waals surface area contributed by atoms with Crippen molar-refractivity contribution >= 4 is 34.7 Å². The first kappa shape index (κ1) is 27.5. The number of carboxylic acid groups (broad SMARTS) is 1. The molecule has 1 amide bonds. The van der Waals surface area contributed by atoms with Crippen molar-refractivity contribution in [1.82, 2.24) is 5.32 Å². The topological polar surface area (TPSA) is 84.9 Å². The number of aryl methyl sites for hydroxylation is 1. The van der Waals surface area contributed by atoms with E-state index in [0.29, 0.717) is 24.5 Å². The Bertz CT molecular complexity index is 1200. The lowest BCUT2D eigenvalue weighted by Gasteiger charge is -2.19. The maximum Gasteiger partial charge on any atom is 0.407 e. The number of hydrogen-bond acceptors (Lipinski definition) is 4. The van der Waals surface area contributed by atoms with Crippen LogP contribution in [0.1, 0.15) is 43.0 Å². The van der Waals surface area contributed by atoms with Gasteiger partial charge < -0.3 is 19.9 Å². The fourth-order valence-corrected chi connectivity index (χ4v) is 4.35. The molecule has 0 saturated heterocycles. The smallest absolute Gasteiger partial charge is 0.407 e. The number of alkyl carbamates (subject to hydrolysis) is 1. The Balaban J connectivity index is 1.79. The van der Waals surface area contributed by atoms with Crippen LogP contribution in [-0.4, -0.2) is 27.2 Å². The molecule has 0 atom stereocenters. The van der Waals surface area contributed by atoms with Crippen molar-refractivity contribution in [1.29, 1.82) is 0 Å². The van der Waals surface area contributed by atoms with Crippen LogP contribution in [0, 0.1) is 0 Å². The van der Waals surface area contributed by atoms with E-state index in [2.05, 4.69) is 52.2 Å². The quantitative estimate of drug-likeness (QED) is 0.203. The zero-order chi connectivity index (χ0) is 26.1. The molecule has 0 spiro atoms. The Labute approximate surface area is 226 Å². The molecular weight excluding hydrogens is 569 g/mol. The molecule has 0 aliphatic rings. The number of carboxylic acids is 1. The number of carbonyl (C=O) groups is 2. The lowest BCUT2D eigenvalue weighted by atomic mass is 9.97. The Morgan fingerprint density at radius 2 is 1.64 bits per heavy atom. The molecule has 0 saturated carbocycles. The highest BCUT2D eigenvalue weighted by Crippen LogP contribution is 2.26. The standard InChI is InChI=1S/C29H32INO5/c1-29(2,3)36-28(34)31-18-21-7-6-9-23(15-21)25-14-20(11-12-30)13-22(16-25)19-35-26-10-5-4-8-24(26)17-27(32)33/h4-10,13-16H,11-12,17-19H2,1-3H3,(H,31,34)(H,32,33). The molecule has 0 bridgehead atoms. The third-order valence-corrected chi connectivity index (χ3v) is 5.78. The minimum absolute atomic E-state index is 0.0829. The lowest BCUT2D eigenvalue weighted by molar-refractivity contribution is -0.136. The minimum atomic E-state index is -0.890. The van der Waals surface area contributed by atoms with E-state index < -0.39 is 17.7 Å². The van der Waals surface area contributed by atoms with Crippen LogP contribution >= 0.6 is 22.6 Å². The molecule has 0 heterocycles. The first-order valence-electron chi connectivity index (χ1n) is 11.8. The molecule has 36 heavy (non-hydrogen) atoms. The molecule has 3 aromatic carbocycles. The number of amides is 1. The first-order valence-corrected chi connectivity index (χ1v) is 13.3. The fourth-order valence-electron chi connectivity index (χ4n) is 3.73. The van der Waals surface area contributed by atoms with E-state index in [1.165, 1.54) is 5.56 Å². The summed E-state index contributed by atoms with van der Waals surface area (Å²) in [5, 5.41) is 12.0. The summed E-state index contributed by atoms with van der Waals surface area (Å²) < 4.78 is 12.4. The van der Waals surface area contributed by atoms with Gasteiger partial charge in [-0.1, -0.05) is 71.1 Å². The van der Waals surface area contributed by atoms with Crippen LogP contribution in [0.15, 0.2) is 66.7 Å². The zero-order valence-corrected chi connectivity index (χ0v) is 23.0. The summed E-state index contributed by atoms with van der Waals surface area (Å²) in [6.07, 6.45) is 0.400. The van der Waals surface area contributed by atoms with Crippen molar-refractivity contribution in [2.24, 2.45) is 0 Å². The molecule has 2 N–H and O–H groups in total. The van der Waals surface area contributed by atoms with Gasteiger partial charge in [-0.2, -0.15) is 0 Å². The number of para-hydroxylation sites is 1. The van der Waals surface area contributed by atoms with Crippen molar-refractivity contribution in [3.8, 4) is 16.9 Å². The van der Waals surface area contributed by atoms with Gasteiger partial charge in [0.1, 0.15) is 18.0 Å². The monoisotopic (exact) mass is 601 g/mol. The molecule has 190 valence electrons. The van der Waals surface area contributed by atoms with Gasteiger partial charge in [0.2, 0.25) is 0 Å². The summed E-state index contributed by atoms with van der Waals surface area (Å²) in [6.45, 7) is 6.21. The van der Waals surface area contributed by atoms with Gasteiger partial charge in [0.15, 0.2) is 0 Å². The van der Waals surface area contributed by atoms with E-state index in [4.69, 9.17) is 9.47 Å². The van der Waals surface area contributed by atoms with Gasteiger partial charge in [0.05, 0.1) is 6.42 Å². The second kappa shape index (κ2) is 12.8. The summed E-state index contributed by atoms with van der Waals surface area (Å²) in [7, 11) is 0. The van der Waals surface area contributed by atoms with Crippen LogP contribution < -0.4 is 10.1 Å². The Morgan fingerprint density at radius 3 is 2.36 bits per heavy atom. The second-order valence-corrected chi connectivity index (χ2v) is 10.6. The van der Waals surface area contributed by atoms with Crippen molar-refractivity contribution in [2.75, 3.05) is 4.43 Å². The summed E-state index contributed by atoms with van der Waals surface area (Å²) in [5.41, 5.74) is 5.40. The van der Waals surface area contributed by atoms with Crippen LogP contribution in [0.5, 0.6) is 5.75 Å². The Hall–Kier alpha value is -3.07. The van der Waals surface area contributed by atoms with Gasteiger partial charge in [0.25, 0.3) is 0 Å². The Kier molecular flexibility index (Phi) is 9.75. The largest absolute Gasteiger partial charge is 0.489 e. The Morgan fingerprint density at radius 1 is 0.917 bits per heavy atom. The number of nitrogens with one attached hydrogen (secondary N) is 1. The van der Waals surface area contributed by atoms with Gasteiger partial charge >= 0.3 is 12.1 Å².